The molecule has 0 spiro atoms. The fraction of sp³-hybridized carbons (Fsp3) is 0.211. The molecule has 3 aromatic rings. The van der Waals surface area contributed by atoms with Crippen LogP contribution in [-0.4, -0.2) is 44.1 Å². The number of ketones is 1. The Balaban J connectivity index is 2.14. The number of H-pyrrole nitrogens is 1. The van der Waals surface area contributed by atoms with Crippen molar-refractivity contribution in [3.63, 3.8) is 0 Å². The maximum atomic E-state index is 15.1. The number of fused-ring (bicyclic) bond motifs is 1. The Morgan fingerprint density at radius 2 is 2.07 bits per heavy atom. The molecule has 30 heavy (non-hydrogen) atoms. The van der Waals surface area contributed by atoms with Crippen molar-refractivity contribution < 1.29 is 31.9 Å². The van der Waals surface area contributed by atoms with E-state index in [4.69, 9.17) is 0 Å². The molecule has 0 saturated heterocycles. The highest BCUT2D eigenvalue weighted by molar-refractivity contribution is 7.80. The van der Waals surface area contributed by atoms with Crippen LogP contribution in [0.4, 0.5) is 14.5 Å². The number of nitrogens with zero attached hydrogens (tertiary/aromatic N) is 2. The summed E-state index contributed by atoms with van der Waals surface area (Å²) in [6.07, 6.45) is 2.81. The molecule has 8 nitrogen and oxygen atoms in total. The summed E-state index contributed by atoms with van der Waals surface area (Å²) in [6.45, 7) is 1.64. The molecule has 0 radical (unpaired) electrons. The maximum absolute atomic E-state index is 15.1. The Morgan fingerprint density at radius 3 is 2.70 bits per heavy atom. The van der Waals surface area contributed by atoms with E-state index in [0.29, 0.717) is 10.7 Å². The summed E-state index contributed by atoms with van der Waals surface area (Å²) in [4.78, 5) is 31.4. The third-order valence-corrected chi connectivity index (χ3v) is 5.11. The first kappa shape index (κ1) is 21.5. The largest absolute Gasteiger partial charge is 0.755 e. The number of methoxy groups -OCH3 is 1. The van der Waals surface area contributed by atoms with Crippen LogP contribution in [0.1, 0.15) is 39.6 Å². The average Bonchev–Trinajstić information content (AvgIpc) is 3.15. The number of aromatic nitrogens is 2. The highest BCUT2D eigenvalue weighted by Crippen LogP contribution is 2.29. The summed E-state index contributed by atoms with van der Waals surface area (Å²) < 4.78 is 57.8. The zero-order valence-electron chi connectivity index (χ0n) is 15.9. The summed E-state index contributed by atoms with van der Waals surface area (Å²) in [5.41, 5.74) is -1.23. The minimum atomic E-state index is -2.82. The fourth-order valence-electron chi connectivity index (χ4n) is 2.98. The van der Waals surface area contributed by atoms with Crippen LogP contribution in [0.5, 0.6) is 0 Å². The fourth-order valence-corrected chi connectivity index (χ4v) is 3.61. The van der Waals surface area contributed by atoms with Crippen molar-refractivity contribution in [2.24, 2.45) is 0 Å². The monoisotopic (exact) mass is 436 g/mol. The van der Waals surface area contributed by atoms with Crippen molar-refractivity contribution in [1.29, 1.82) is 0 Å². The molecule has 0 saturated carbocycles. The summed E-state index contributed by atoms with van der Waals surface area (Å²) in [5.74, 6) is -4.18. The van der Waals surface area contributed by atoms with E-state index >= 15 is 4.39 Å². The van der Waals surface area contributed by atoms with Crippen LogP contribution >= 0.6 is 0 Å². The second-order valence-corrected chi connectivity index (χ2v) is 7.09. The average molecular weight is 436 g/mol. The van der Waals surface area contributed by atoms with Crippen LogP contribution in [0.3, 0.4) is 0 Å². The van der Waals surface area contributed by atoms with Gasteiger partial charge in [0.05, 0.1) is 23.9 Å². The highest BCUT2D eigenvalue weighted by Gasteiger charge is 2.26. The van der Waals surface area contributed by atoms with Crippen molar-refractivity contribution in [3.05, 3.63) is 58.9 Å². The number of carbonyl (C=O) groups is 2. The molecule has 0 aliphatic heterocycles. The van der Waals surface area contributed by atoms with Gasteiger partial charge in [0, 0.05) is 41.2 Å². The summed E-state index contributed by atoms with van der Waals surface area (Å²) in [7, 11) is 1.17. The van der Waals surface area contributed by atoms with Crippen LogP contribution < -0.4 is 4.31 Å². The Morgan fingerprint density at radius 1 is 1.33 bits per heavy atom. The molecule has 3 rings (SSSR count). The van der Waals surface area contributed by atoms with Crippen molar-refractivity contribution in [1.82, 2.24) is 9.97 Å². The van der Waals surface area contributed by atoms with Crippen molar-refractivity contribution in [2.45, 2.75) is 13.3 Å². The van der Waals surface area contributed by atoms with Gasteiger partial charge >= 0.3 is 5.97 Å². The van der Waals surface area contributed by atoms with E-state index in [0.717, 1.165) is 12.1 Å². The smallest absolute Gasteiger partial charge is 0.339 e. The van der Waals surface area contributed by atoms with Gasteiger partial charge in [-0.15, -0.1) is 0 Å². The Hall–Kier alpha value is -3.18. The molecule has 0 bridgehead atoms. The number of carbonyl (C=O) groups excluding carboxylic acids is 2. The number of halogens is 2. The zero-order chi connectivity index (χ0) is 22.0. The predicted octanol–water partition coefficient (Wildman–Crippen LogP) is 2.87. The third-order valence-electron chi connectivity index (χ3n) is 4.37. The quantitative estimate of drug-likeness (QED) is 0.346. The lowest BCUT2D eigenvalue weighted by Gasteiger charge is -2.26. The van der Waals surface area contributed by atoms with Gasteiger partial charge in [0.1, 0.15) is 11.5 Å². The molecule has 1 N–H and O–H groups in total. The van der Waals surface area contributed by atoms with Gasteiger partial charge in [-0.05, 0) is 24.6 Å². The van der Waals surface area contributed by atoms with E-state index in [-0.39, 0.29) is 28.7 Å². The number of esters is 1. The molecule has 0 amide bonds. The first-order valence-electron chi connectivity index (χ1n) is 8.75. The normalized spacial score (nSPS) is 12.0. The van der Waals surface area contributed by atoms with Crippen molar-refractivity contribution in [3.8, 4) is 0 Å². The third kappa shape index (κ3) is 3.81. The number of anilines is 1. The minimum absolute atomic E-state index is 0.0456. The molecular weight excluding hydrogens is 420 g/mol. The van der Waals surface area contributed by atoms with E-state index < -0.39 is 45.9 Å². The molecule has 2 aromatic heterocycles. The number of benzene rings is 1. The molecule has 0 fully saturated rings. The van der Waals surface area contributed by atoms with Crippen LogP contribution in [0, 0.1) is 11.6 Å². The van der Waals surface area contributed by atoms with E-state index in [2.05, 4.69) is 14.7 Å². The molecule has 158 valence electrons. The SMILES string of the molecule is CCCN(c1ccc(F)c(C(=O)c2c[nH]c3ncc(C(=O)OC)cc23)c1F)S(=O)[O-]. The first-order chi connectivity index (χ1) is 14.3. The molecule has 11 heteroatoms. The summed E-state index contributed by atoms with van der Waals surface area (Å²) >= 11 is -2.82. The molecule has 1 aromatic carbocycles. The van der Waals surface area contributed by atoms with E-state index in [1.165, 1.54) is 25.6 Å². The van der Waals surface area contributed by atoms with Gasteiger partial charge in [0.2, 0.25) is 5.78 Å². The van der Waals surface area contributed by atoms with Gasteiger partial charge in [0.25, 0.3) is 0 Å². The van der Waals surface area contributed by atoms with Gasteiger partial charge in [-0.3, -0.25) is 13.3 Å². The van der Waals surface area contributed by atoms with Crippen molar-refractivity contribution in [2.75, 3.05) is 18.0 Å². The van der Waals surface area contributed by atoms with Crippen LogP contribution in [0.25, 0.3) is 11.0 Å². The molecular formula is C19H16F2N3O5S-. The molecule has 0 aliphatic carbocycles. The number of rotatable bonds is 7. The predicted molar refractivity (Wildman–Crippen MR) is 104 cm³/mol. The topological polar surface area (TPSA) is 115 Å². The second kappa shape index (κ2) is 8.67. The Labute approximate surface area is 172 Å². The second-order valence-electron chi connectivity index (χ2n) is 6.22. The molecule has 2 heterocycles. The lowest BCUT2D eigenvalue weighted by Crippen LogP contribution is -2.28. The molecule has 1 unspecified atom stereocenters. The van der Waals surface area contributed by atoms with Gasteiger partial charge in [0.15, 0.2) is 5.82 Å². The lowest BCUT2D eigenvalue weighted by atomic mass is 10.0. The summed E-state index contributed by atoms with van der Waals surface area (Å²) in [5, 5.41) is 0.157. The lowest BCUT2D eigenvalue weighted by molar-refractivity contribution is 0.0600. The van der Waals surface area contributed by atoms with E-state index in [1.807, 2.05) is 0 Å². The van der Waals surface area contributed by atoms with Crippen LogP contribution in [-0.2, 0) is 16.0 Å². The Kier molecular flexibility index (Phi) is 6.22. The molecule has 1 atom stereocenters. The van der Waals surface area contributed by atoms with Gasteiger partial charge in [-0.2, -0.15) is 0 Å². The molecule has 0 aliphatic rings. The number of hydrogen-bond donors (Lipinski definition) is 1. The number of ether oxygens (including phenoxy) is 1. The number of pyridine rings is 1. The van der Waals surface area contributed by atoms with Gasteiger partial charge in [-0.25, -0.2) is 18.6 Å². The number of aromatic amines is 1. The van der Waals surface area contributed by atoms with Crippen LogP contribution in [0.2, 0.25) is 0 Å². The van der Waals surface area contributed by atoms with Gasteiger partial charge in [-0.1, -0.05) is 6.92 Å². The zero-order valence-corrected chi connectivity index (χ0v) is 16.7. The summed E-state index contributed by atoms with van der Waals surface area (Å²) in [6, 6.07) is 3.10. The first-order valence-corrected chi connectivity index (χ1v) is 9.78. The number of nitrogens with one attached hydrogen (secondary N) is 1. The van der Waals surface area contributed by atoms with Crippen molar-refractivity contribution >= 4 is 39.7 Å². The van der Waals surface area contributed by atoms with E-state index in [9.17, 15) is 22.7 Å². The number of hydrogen-bond acceptors (Lipinski definition) is 6. The van der Waals surface area contributed by atoms with E-state index in [1.54, 1.807) is 6.92 Å². The van der Waals surface area contributed by atoms with Gasteiger partial charge < -0.3 is 14.3 Å². The minimum Gasteiger partial charge on any atom is -0.755 e. The maximum Gasteiger partial charge on any atom is 0.339 e. The van der Waals surface area contributed by atoms with Crippen LogP contribution in [0.15, 0.2) is 30.6 Å². The highest BCUT2D eigenvalue weighted by atomic mass is 32.2. The standard InChI is InChI=1S/C19H17F2N3O5S/c1-3-6-24(30(27)28)14-5-4-13(20)15(16(14)21)17(25)12-9-23-18-11(12)7-10(8-22-18)19(26)29-2/h4-5,7-9H,3,6H2,1-2H3,(H,22,23)(H,27,28)/p-1. The Bertz CT molecular complexity index is 1160.